The average molecular weight is 313 g/mol. The fraction of sp³-hybridized carbons (Fsp3) is 0.529. The second-order valence-electron chi connectivity index (χ2n) is 6.04. The topological polar surface area (TPSA) is 63.9 Å². The van der Waals surface area contributed by atoms with E-state index >= 15 is 0 Å². The minimum atomic E-state index is 0.0653. The van der Waals surface area contributed by atoms with Crippen LogP contribution < -0.4 is 0 Å². The van der Waals surface area contributed by atoms with Gasteiger partial charge in [0.05, 0.1) is 23.1 Å². The van der Waals surface area contributed by atoms with Crippen molar-refractivity contribution in [2.45, 2.75) is 52.6 Å². The van der Waals surface area contributed by atoms with Crippen LogP contribution in [0, 0.1) is 6.92 Å². The molecule has 0 saturated carbocycles. The number of likely N-dealkylation sites (tertiary alicyclic amines) is 1. The number of amides is 1. The van der Waals surface area contributed by atoms with Crippen LogP contribution in [0.4, 0.5) is 0 Å². The van der Waals surface area contributed by atoms with Crippen molar-refractivity contribution in [1.29, 1.82) is 0 Å². The van der Waals surface area contributed by atoms with Gasteiger partial charge < -0.3 is 4.90 Å². The maximum atomic E-state index is 11.8. The maximum absolute atomic E-state index is 11.8. The Bertz CT molecular complexity index is 709. The summed E-state index contributed by atoms with van der Waals surface area (Å²) in [5, 5.41) is 4.37. The quantitative estimate of drug-likeness (QED) is 0.870. The molecular weight excluding hydrogens is 290 g/mol. The molecule has 1 aliphatic rings. The number of carbonyl (C=O) groups is 1. The smallest absolute Gasteiger partial charge is 0.220 e. The SMILES string of the molecule is CCCn1nccc1-c1cc(C2CCCN2C(C)=O)nc(C)n1. The highest BCUT2D eigenvalue weighted by Gasteiger charge is 2.29. The first kappa shape index (κ1) is 15.6. The van der Waals surface area contributed by atoms with Gasteiger partial charge in [0.15, 0.2) is 0 Å². The molecule has 3 heterocycles. The van der Waals surface area contributed by atoms with E-state index in [9.17, 15) is 4.79 Å². The Morgan fingerprint density at radius 2 is 2.22 bits per heavy atom. The third-order valence-electron chi connectivity index (χ3n) is 4.27. The number of rotatable bonds is 4. The van der Waals surface area contributed by atoms with E-state index in [1.807, 2.05) is 28.6 Å². The van der Waals surface area contributed by atoms with E-state index in [1.165, 1.54) is 0 Å². The highest BCUT2D eigenvalue weighted by atomic mass is 16.2. The lowest BCUT2D eigenvalue weighted by molar-refractivity contribution is -0.129. The molecular formula is C17H23N5O. The Morgan fingerprint density at radius 1 is 1.39 bits per heavy atom. The molecule has 1 atom stereocenters. The molecule has 122 valence electrons. The van der Waals surface area contributed by atoms with Gasteiger partial charge in [-0.1, -0.05) is 6.92 Å². The van der Waals surface area contributed by atoms with E-state index in [4.69, 9.17) is 0 Å². The Labute approximate surface area is 136 Å². The van der Waals surface area contributed by atoms with E-state index in [0.717, 1.165) is 55.3 Å². The monoisotopic (exact) mass is 313 g/mol. The standard InChI is InChI=1S/C17H23N5O/c1-4-9-22-17(7-8-18-22)15-11-14(19-12(2)20-15)16-6-5-10-21(16)13(3)23/h7-8,11,16H,4-6,9-10H2,1-3H3. The molecule has 0 radical (unpaired) electrons. The predicted molar refractivity (Wildman–Crippen MR) is 87.6 cm³/mol. The number of carbonyl (C=O) groups excluding carboxylic acids is 1. The summed E-state index contributed by atoms with van der Waals surface area (Å²) in [6, 6.07) is 4.07. The van der Waals surface area contributed by atoms with Crippen LogP contribution in [0.5, 0.6) is 0 Å². The summed E-state index contributed by atoms with van der Waals surface area (Å²) >= 11 is 0. The first-order chi connectivity index (χ1) is 11.1. The van der Waals surface area contributed by atoms with Gasteiger partial charge in [-0.05, 0) is 38.3 Å². The molecule has 2 aromatic rings. The Balaban J connectivity index is 1.99. The van der Waals surface area contributed by atoms with Crippen LogP contribution in [0.2, 0.25) is 0 Å². The minimum Gasteiger partial charge on any atom is -0.334 e. The molecule has 23 heavy (non-hydrogen) atoms. The lowest BCUT2D eigenvalue weighted by Gasteiger charge is -2.23. The van der Waals surface area contributed by atoms with Crippen molar-refractivity contribution in [2.24, 2.45) is 0 Å². The van der Waals surface area contributed by atoms with E-state index in [-0.39, 0.29) is 11.9 Å². The van der Waals surface area contributed by atoms with Crippen molar-refractivity contribution in [2.75, 3.05) is 6.54 Å². The lowest BCUT2D eigenvalue weighted by Crippen LogP contribution is -2.28. The van der Waals surface area contributed by atoms with E-state index in [2.05, 4.69) is 22.0 Å². The van der Waals surface area contributed by atoms with Crippen molar-refractivity contribution >= 4 is 5.91 Å². The number of hydrogen-bond donors (Lipinski definition) is 0. The van der Waals surface area contributed by atoms with Crippen LogP contribution in [-0.2, 0) is 11.3 Å². The molecule has 0 spiro atoms. The molecule has 0 N–H and O–H groups in total. The molecule has 0 aromatic carbocycles. The Morgan fingerprint density at radius 3 is 2.96 bits per heavy atom. The second kappa shape index (κ2) is 6.48. The number of hydrogen-bond acceptors (Lipinski definition) is 4. The van der Waals surface area contributed by atoms with Gasteiger partial charge in [0.25, 0.3) is 0 Å². The molecule has 1 unspecified atom stereocenters. The van der Waals surface area contributed by atoms with Crippen LogP contribution in [0.3, 0.4) is 0 Å². The molecule has 1 amide bonds. The summed E-state index contributed by atoms with van der Waals surface area (Å²) in [5.74, 6) is 0.846. The lowest BCUT2D eigenvalue weighted by atomic mass is 10.1. The first-order valence-electron chi connectivity index (χ1n) is 8.25. The summed E-state index contributed by atoms with van der Waals surface area (Å²) < 4.78 is 1.98. The van der Waals surface area contributed by atoms with Gasteiger partial charge in [-0.2, -0.15) is 5.10 Å². The average Bonchev–Trinajstić information content (AvgIpc) is 3.16. The van der Waals surface area contributed by atoms with Crippen LogP contribution >= 0.6 is 0 Å². The van der Waals surface area contributed by atoms with Crippen LogP contribution in [0.1, 0.15) is 50.7 Å². The molecule has 0 aliphatic carbocycles. The van der Waals surface area contributed by atoms with E-state index in [1.54, 1.807) is 13.1 Å². The summed E-state index contributed by atoms with van der Waals surface area (Å²) in [7, 11) is 0. The van der Waals surface area contributed by atoms with Crippen LogP contribution in [-0.4, -0.2) is 37.1 Å². The zero-order valence-electron chi connectivity index (χ0n) is 14.0. The Hall–Kier alpha value is -2.24. The number of aryl methyl sites for hydroxylation is 2. The fourth-order valence-corrected chi connectivity index (χ4v) is 3.28. The van der Waals surface area contributed by atoms with E-state index in [0.29, 0.717) is 0 Å². The van der Waals surface area contributed by atoms with Crippen molar-refractivity contribution in [1.82, 2.24) is 24.6 Å². The number of aromatic nitrogens is 4. The highest BCUT2D eigenvalue weighted by Crippen LogP contribution is 2.32. The molecule has 3 rings (SSSR count). The third kappa shape index (κ3) is 3.11. The summed E-state index contributed by atoms with van der Waals surface area (Å²) in [5.41, 5.74) is 2.82. The van der Waals surface area contributed by atoms with Crippen molar-refractivity contribution in [3.05, 3.63) is 29.8 Å². The molecule has 6 heteroatoms. The van der Waals surface area contributed by atoms with Gasteiger partial charge in [-0.3, -0.25) is 9.48 Å². The maximum Gasteiger partial charge on any atom is 0.220 e. The summed E-state index contributed by atoms with van der Waals surface area (Å²) in [6.07, 6.45) is 4.81. The van der Waals surface area contributed by atoms with Crippen molar-refractivity contribution < 1.29 is 4.79 Å². The zero-order valence-corrected chi connectivity index (χ0v) is 14.0. The molecule has 1 aliphatic heterocycles. The number of nitrogens with zero attached hydrogens (tertiary/aromatic N) is 5. The van der Waals surface area contributed by atoms with Crippen LogP contribution in [0.15, 0.2) is 18.3 Å². The molecule has 1 saturated heterocycles. The Kier molecular flexibility index (Phi) is 4.41. The third-order valence-corrected chi connectivity index (χ3v) is 4.27. The second-order valence-corrected chi connectivity index (χ2v) is 6.04. The predicted octanol–water partition coefficient (Wildman–Crippen LogP) is 2.74. The van der Waals surface area contributed by atoms with Crippen LogP contribution in [0.25, 0.3) is 11.4 Å². The van der Waals surface area contributed by atoms with Crippen molar-refractivity contribution in [3.63, 3.8) is 0 Å². The molecule has 0 bridgehead atoms. The fourth-order valence-electron chi connectivity index (χ4n) is 3.28. The molecule has 1 fully saturated rings. The van der Waals surface area contributed by atoms with Gasteiger partial charge in [0.1, 0.15) is 5.82 Å². The summed E-state index contributed by atoms with van der Waals surface area (Å²) in [6.45, 7) is 7.34. The van der Waals surface area contributed by atoms with Gasteiger partial charge in [0.2, 0.25) is 5.91 Å². The normalized spacial score (nSPS) is 17.7. The van der Waals surface area contributed by atoms with Gasteiger partial charge >= 0.3 is 0 Å². The van der Waals surface area contributed by atoms with Crippen molar-refractivity contribution in [3.8, 4) is 11.4 Å². The van der Waals surface area contributed by atoms with Gasteiger partial charge in [-0.15, -0.1) is 0 Å². The largest absolute Gasteiger partial charge is 0.334 e. The minimum absolute atomic E-state index is 0.0653. The first-order valence-corrected chi connectivity index (χ1v) is 8.25. The van der Waals surface area contributed by atoms with E-state index < -0.39 is 0 Å². The molecule has 6 nitrogen and oxygen atoms in total. The summed E-state index contributed by atoms with van der Waals surface area (Å²) in [4.78, 5) is 22.9. The van der Waals surface area contributed by atoms with Gasteiger partial charge in [-0.25, -0.2) is 9.97 Å². The highest BCUT2D eigenvalue weighted by molar-refractivity contribution is 5.74. The zero-order chi connectivity index (χ0) is 16.4. The van der Waals surface area contributed by atoms with Gasteiger partial charge in [0, 0.05) is 26.2 Å². The molecule has 2 aromatic heterocycles.